The van der Waals surface area contributed by atoms with E-state index in [1.54, 1.807) is 12.1 Å². The topological polar surface area (TPSA) is 43.4 Å². The van der Waals surface area contributed by atoms with Gasteiger partial charge in [-0.15, -0.1) is 0 Å². The van der Waals surface area contributed by atoms with Crippen molar-refractivity contribution in [2.45, 2.75) is 161 Å². The molecule has 2 rings (SSSR count). The Labute approximate surface area is 291 Å². The van der Waals surface area contributed by atoms with Crippen molar-refractivity contribution in [2.75, 3.05) is 0 Å². The van der Waals surface area contributed by atoms with E-state index in [1.807, 2.05) is 24.3 Å². The summed E-state index contributed by atoms with van der Waals surface area (Å²) in [6.45, 7) is 31.6. The van der Waals surface area contributed by atoms with Gasteiger partial charge in [-0.3, -0.25) is 0 Å². The molecule has 0 spiro atoms. The van der Waals surface area contributed by atoms with Crippen LogP contribution in [0.25, 0.3) is 0 Å². The van der Waals surface area contributed by atoms with E-state index in [0.717, 1.165) is 56.9 Å². The maximum atomic E-state index is 13.9. The minimum Gasteiger partial charge on any atom is -0.413 e. The Bertz CT molecular complexity index is 1400. The highest BCUT2D eigenvalue weighted by Crippen LogP contribution is 2.50. The van der Waals surface area contributed by atoms with E-state index in [2.05, 4.69) is 107 Å². The third-order valence-electron chi connectivity index (χ3n) is 10.8. The maximum Gasteiger partial charge on any atom is 0.192 e. The third-order valence-corrected chi connectivity index (χ3v) is 17.3. The lowest BCUT2D eigenvalue weighted by Gasteiger charge is -2.50. The van der Waals surface area contributed by atoms with Gasteiger partial charge in [-0.25, -0.2) is 8.42 Å². The zero-order chi connectivity index (χ0) is 35.6. The largest absolute Gasteiger partial charge is 0.413 e. The number of hydrogen-bond donors (Lipinski definition) is 0. The zero-order valence-corrected chi connectivity index (χ0v) is 33.9. The van der Waals surface area contributed by atoms with Crippen LogP contribution < -0.4 is 0 Å². The Morgan fingerprint density at radius 1 is 0.936 bits per heavy atom. The molecule has 1 saturated carbocycles. The molecule has 264 valence electrons. The van der Waals surface area contributed by atoms with Crippen molar-refractivity contribution >= 4 is 18.2 Å². The van der Waals surface area contributed by atoms with E-state index in [0.29, 0.717) is 17.2 Å². The van der Waals surface area contributed by atoms with Gasteiger partial charge in [0.15, 0.2) is 18.2 Å². The van der Waals surface area contributed by atoms with E-state index < -0.39 is 23.4 Å². The molecule has 0 amide bonds. The molecular formula is C42H68O3SSi. The second-order valence-electron chi connectivity index (χ2n) is 16.6. The lowest BCUT2D eigenvalue weighted by atomic mass is 9.63. The Kier molecular flexibility index (Phi) is 15.5. The maximum absolute atomic E-state index is 13.9. The summed E-state index contributed by atoms with van der Waals surface area (Å²) in [4.78, 5) is 0.392. The summed E-state index contributed by atoms with van der Waals surface area (Å²) in [5.41, 5.74) is 6.46. The monoisotopic (exact) mass is 680 g/mol. The second-order valence-corrected chi connectivity index (χ2v) is 23.5. The van der Waals surface area contributed by atoms with Crippen molar-refractivity contribution in [3.63, 3.8) is 0 Å². The van der Waals surface area contributed by atoms with Crippen molar-refractivity contribution in [1.82, 2.24) is 0 Å². The first-order chi connectivity index (χ1) is 21.7. The molecule has 0 radical (unpaired) electrons. The van der Waals surface area contributed by atoms with E-state index in [4.69, 9.17) is 4.43 Å². The molecule has 47 heavy (non-hydrogen) atoms. The van der Waals surface area contributed by atoms with Gasteiger partial charge in [0.2, 0.25) is 0 Å². The molecule has 1 unspecified atom stereocenters. The lowest BCUT2D eigenvalue weighted by Crippen LogP contribution is -2.51. The standard InChI is InChI=1S/C42H68O3SSi/c1-32(2)19-17-20-33(3)21-18-22-35(5)31-38(46(43,44)37-23-15-14-16-24-37)28-25-34(4)26-29-39-36(6)27-30-40(42(39,10)11)45-47(12,13)41(7,8)9/h14-16,19,21,23-25,31,38-40H,6,17-18,20,22,26-30H2,1-5,7-13H3/b33-21+,34-25+,35-31+/t38?,39-,40+/m1/s1. The molecule has 3 nitrogen and oxygen atoms in total. The average Bonchev–Trinajstić information content (AvgIpc) is 2.96. The number of hydrogen-bond acceptors (Lipinski definition) is 3. The SMILES string of the molecule is C=C1CC[C@H](O[Si](C)(C)C(C)(C)C)C(C)(C)[C@@H]1CC/C(C)=C/CC(/C=C(\C)CC/C=C(\C)CCC=C(C)C)S(=O)(=O)c1ccccc1. The van der Waals surface area contributed by atoms with Gasteiger partial charge in [-0.1, -0.05) is 112 Å². The highest BCUT2D eigenvalue weighted by atomic mass is 32.2. The molecule has 3 atom stereocenters. The second kappa shape index (κ2) is 17.6. The van der Waals surface area contributed by atoms with Gasteiger partial charge in [0.05, 0.1) is 16.2 Å². The van der Waals surface area contributed by atoms with Crippen LogP contribution in [-0.2, 0) is 14.3 Å². The van der Waals surface area contributed by atoms with Gasteiger partial charge in [-0.05, 0) is 134 Å². The highest BCUT2D eigenvalue weighted by Gasteiger charge is 2.47. The quantitative estimate of drug-likeness (QED) is 0.129. The van der Waals surface area contributed by atoms with Crippen LogP contribution in [0, 0.1) is 11.3 Å². The minimum atomic E-state index is -3.52. The van der Waals surface area contributed by atoms with Crippen molar-refractivity contribution in [3.8, 4) is 0 Å². The van der Waals surface area contributed by atoms with Gasteiger partial charge in [0, 0.05) is 0 Å². The lowest BCUT2D eigenvalue weighted by molar-refractivity contribution is 0.000278. The smallest absolute Gasteiger partial charge is 0.192 e. The van der Waals surface area contributed by atoms with Crippen molar-refractivity contribution in [2.24, 2.45) is 11.3 Å². The highest BCUT2D eigenvalue weighted by molar-refractivity contribution is 7.92. The Balaban J connectivity index is 2.19. The molecule has 0 bridgehead atoms. The molecule has 0 N–H and O–H groups in total. The van der Waals surface area contributed by atoms with Crippen molar-refractivity contribution in [3.05, 3.63) is 89.1 Å². The van der Waals surface area contributed by atoms with Crippen LogP contribution in [-0.4, -0.2) is 28.1 Å². The Morgan fingerprint density at radius 2 is 1.51 bits per heavy atom. The fraction of sp³-hybridized carbons (Fsp3) is 0.619. The van der Waals surface area contributed by atoms with Gasteiger partial charge in [-0.2, -0.15) is 0 Å². The van der Waals surface area contributed by atoms with Crippen LogP contribution >= 0.6 is 0 Å². The average molecular weight is 681 g/mol. The third kappa shape index (κ3) is 12.5. The summed E-state index contributed by atoms with van der Waals surface area (Å²) >= 11 is 0. The molecule has 0 aromatic heterocycles. The summed E-state index contributed by atoms with van der Waals surface area (Å²) < 4.78 is 34.8. The van der Waals surface area contributed by atoms with E-state index in [-0.39, 0.29) is 16.6 Å². The number of sulfone groups is 1. The number of rotatable bonds is 16. The van der Waals surface area contributed by atoms with Crippen LogP contribution in [0.15, 0.2) is 94.0 Å². The first-order valence-corrected chi connectivity index (χ1v) is 22.4. The number of benzene rings is 1. The molecule has 1 fully saturated rings. The summed E-state index contributed by atoms with van der Waals surface area (Å²) in [6.07, 6.45) is 17.4. The molecule has 1 aromatic carbocycles. The number of allylic oxidation sites excluding steroid dienone is 8. The fourth-order valence-corrected chi connectivity index (χ4v) is 9.56. The molecule has 1 aromatic rings. The summed E-state index contributed by atoms with van der Waals surface area (Å²) in [5.74, 6) is 0.374. The zero-order valence-electron chi connectivity index (χ0n) is 32.1. The first-order valence-electron chi connectivity index (χ1n) is 17.9. The van der Waals surface area contributed by atoms with Gasteiger partial charge in [0.1, 0.15) is 0 Å². The molecule has 1 aliphatic rings. The molecular weight excluding hydrogens is 613 g/mol. The molecule has 5 heteroatoms. The van der Waals surface area contributed by atoms with Crippen molar-refractivity contribution < 1.29 is 12.8 Å². The van der Waals surface area contributed by atoms with Gasteiger partial charge < -0.3 is 4.43 Å². The summed E-state index contributed by atoms with van der Waals surface area (Å²) in [6, 6.07) is 8.93. The molecule has 0 aliphatic heterocycles. The Hall–Kier alpha value is -1.95. The van der Waals surface area contributed by atoms with Crippen LogP contribution in [0.4, 0.5) is 0 Å². The molecule has 1 aliphatic carbocycles. The van der Waals surface area contributed by atoms with E-state index >= 15 is 0 Å². The summed E-state index contributed by atoms with van der Waals surface area (Å²) in [7, 11) is -5.42. The minimum absolute atomic E-state index is 0.00259. The van der Waals surface area contributed by atoms with Crippen LogP contribution in [0.5, 0.6) is 0 Å². The van der Waals surface area contributed by atoms with Gasteiger partial charge in [0.25, 0.3) is 0 Å². The summed E-state index contributed by atoms with van der Waals surface area (Å²) in [5, 5.41) is -0.414. The van der Waals surface area contributed by atoms with Crippen molar-refractivity contribution in [1.29, 1.82) is 0 Å². The first kappa shape index (κ1) is 41.2. The fourth-order valence-electron chi connectivity index (χ4n) is 6.43. The van der Waals surface area contributed by atoms with E-state index in [9.17, 15) is 8.42 Å². The Morgan fingerprint density at radius 3 is 2.11 bits per heavy atom. The molecule has 0 heterocycles. The normalized spacial score (nSPS) is 20.7. The van der Waals surface area contributed by atoms with Gasteiger partial charge >= 0.3 is 0 Å². The van der Waals surface area contributed by atoms with Crippen LogP contribution in [0.2, 0.25) is 18.1 Å². The predicted molar refractivity (Wildman–Crippen MR) is 208 cm³/mol. The predicted octanol–water partition coefficient (Wildman–Crippen LogP) is 12.7. The van der Waals surface area contributed by atoms with E-state index in [1.165, 1.54) is 22.3 Å². The molecule has 0 saturated heterocycles. The van der Waals surface area contributed by atoms with Crippen LogP contribution in [0.1, 0.15) is 127 Å². The van der Waals surface area contributed by atoms with Crippen LogP contribution in [0.3, 0.4) is 0 Å².